The smallest absolute Gasteiger partial charge is 0.331 e. The zero-order valence-corrected chi connectivity index (χ0v) is 22.9. The summed E-state index contributed by atoms with van der Waals surface area (Å²) in [5, 5.41) is 7.60. The summed E-state index contributed by atoms with van der Waals surface area (Å²) in [6.07, 6.45) is 9.15. The Morgan fingerprint density at radius 1 is 1.26 bits per heavy atom. The van der Waals surface area contributed by atoms with E-state index in [0.29, 0.717) is 5.70 Å². The number of likely N-dealkylation sites (tertiary alicyclic amines) is 1. The van der Waals surface area contributed by atoms with Gasteiger partial charge in [0.25, 0.3) is 0 Å². The van der Waals surface area contributed by atoms with Crippen molar-refractivity contribution in [2.75, 3.05) is 23.3 Å². The SMILES string of the molecule is C=CC(=C)N1CCC[C@@H](NC(=C)c2sc3nccc4c3c2NC(=O)N4C(/C=C(\C)c2ccccc2)=C/N=C)C1. The lowest BCUT2D eigenvalue weighted by molar-refractivity contribution is 0.254. The number of aliphatic imine (C=N–C) groups is 1. The van der Waals surface area contributed by atoms with E-state index in [1.807, 2.05) is 49.4 Å². The second-order valence-corrected chi connectivity index (χ2v) is 10.6. The van der Waals surface area contributed by atoms with Crippen molar-refractivity contribution >= 4 is 56.9 Å². The van der Waals surface area contributed by atoms with Crippen LogP contribution in [0.3, 0.4) is 0 Å². The Hall–Kier alpha value is -4.43. The van der Waals surface area contributed by atoms with Gasteiger partial charge in [-0.25, -0.2) is 9.78 Å². The third kappa shape index (κ3) is 5.15. The van der Waals surface area contributed by atoms with E-state index < -0.39 is 0 Å². The third-order valence-corrected chi connectivity index (χ3v) is 8.19. The average Bonchev–Trinajstić information content (AvgIpc) is 3.32. The van der Waals surface area contributed by atoms with Crippen LogP contribution in [0, 0.1) is 0 Å². The van der Waals surface area contributed by atoms with Gasteiger partial charge in [0.05, 0.1) is 33.5 Å². The van der Waals surface area contributed by atoms with Gasteiger partial charge >= 0.3 is 6.03 Å². The van der Waals surface area contributed by atoms with Crippen molar-refractivity contribution in [3.8, 4) is 0 Å². The molecule has 1 saturated heterocycles. The van der Waals surface area contributed by atoms with Gasteiger partial charge in [-0.3, -0.25) is 9.89 Å². The highest BCUT2D eigenvalue weighted by atomic mass is 32.1. The first-order valence-electron chi connectivity index (χ1n) is 12.9. The molecule has 1 aromatic carbocycles. The predicted molar refractivity (Wildman–Crippen MR) is 165 cm³/mol. The van der Waals surface area contributed by atoms with Crippen molar-refractivity contribution in [2.45, 2.75) is 25.8 Å². The van der Waals surface area contributed by atoms with E-state index in [2.05, 4.69) is 52.0 Å². The second kappa shape index (κ2) is 11.1. The molecule has 2 aliphatic heterocycles. The van der Waals surface area contributed by atoms with Crippen LogP contribution in [0.4, 0.5) is 16.2 Å². The molecule has 2 amide bonds. The van der Waals surface area contributed by atoms with Crippen molar-refractivity contribution in [2.24, 2.45) is 4.99 Å². The number of allylic oxidation sites excluding steroid dienone is 3. The molecule has 8 heteroatoms. The lowest BCUT2D eigenvalue weighted by atomic mass is 10.0. The number of amides is 2. The minimum Gasteiger partial charge on any atom is -0.380 e. The predicted octanol–water partition coefficient (Wildman–Crippen LogP) is 7.02. The Labute approximate surface area is 233 Å². The van der Waals surface area contributed by atoms with E-state index in [0.717, 1.165) is 74.9 Å². The number of rotatable bonds is 9. The highest BCUT2D eigenvalue weighted by Gasteiger charge is 2.32. The van der Waals surface area contributed by atoms with Gasteiger partial charge in [-0.2, -0.15) is 0 Å². The average molecular weight is 537 g/mol. The standard InChI is InChI=1S/C31H32N6OS/c1-6-21(3)36-16-10-13-24(19-36)34-22(4)29-28-27-26(14-15-33-30(27)39-29)37(31(38)35-28)25(18-32-5)17-20(2)23-11-8-7-9-12-23/h6-9,11-12,14-15,17-18,24,34H,1,3-5,10,13,16,19H2,2H3,(H,35,38)/b20-17+,25-18+/t24-/m1/s1. The van der Waals surface area contributed by atoms with Gasteiger partial charge in [0.15, 0.2) is 0 Å². The Morgan fingerprint density at radius 3 is 2.79 bits per heavy atom. The van der Waals surface area contributed by atoms with E-state index in [1.54, 1.807) is 23.4 Å². The van der Waals surface area contributed by atoms with Gasteiger partial charge in [-0.15, -0.1) is 11.3 Å². The molecule has 39 heavy (non-hydrogen) atoms. The number of benzene rings is 1. The van der Waals surface area contributed by atoms with E-state index in [-0.39, 0.29) is 12.1 Å². The van der Waals surface area contributed by atoms with Gasteiger partial charge in [-0.05, 0) is 55.8 Å². The van der Waals surface area contributed by atoms with Crippen LogP contribution in [0.15, 0.2) is 97.1 Å². The number of hydrogen-bond acceptors (Lipinski definition) is 6. The number of urea groups is 1. The molecule has 2 N–H and O–H groups in total. The first-order valence-corrected chi connectivity index (χ1v) is 13.7. The first-order chi connectivity index (χ1) is 18.9. The van der Waals surface area contributed by atoms with Gasteiger partial charge in [0.1, 0.15) is 4.83 Å². The minimum absolute atomic E-state index is 0.211. The molecule has 0 unspecified atom stereocenters. The summed E-state index contributed by atoms with van der Waals surface area (Å²) in [4.78, 5) is 27.8. The van der Waals surface area contributed by atoms with Crippen molar-refractivity contribution < 1.29 is 4.79 Å². The van der Waals surface area contributed by atoms with Crippen LogP contribution >= 0.6 is 11.3 Å². The molecule has 4 heterocycles. The summed E-state index contributed by atoms with van der Waals surface area (Å²) in [5.74, 6) is 0. The number of carbonyl (C=O) groups is 1. The van der Waals surface area contributed by atoms with Crippen molar-refractivity contribution in [3.63, 3.8) is 0 Å². The zero-order chi connectivity index (χ0) is 27.5. The van der Waals surface area contributed by atoms with Crippen molar-refractivity contribution in [1.29, 1.82) is 0 Å². The van der Waals surface area contributed by atoms with Crippen LogP contribution in [0.2, 0.25) is 0 Å². The fraction of sp³-hybridized carbons (Fsp3) is 0.194. The molecule has 0 saturated carbocycles. The second-order valence-electron chi connectivity index (χ2n) is 9.62. The van der Waals surface area contributed by atoms with Gasteiger partial charge in [0.2, 0.25) is 0 Å². The molecule has 2 aliphatic rings. The highest BCUT2D eigenvalue weighted by molar-refractivity contribution is 7.20. The topological polar surface area (TPSA) is 72.9 Å². The minimum atomic E-state index is -0.277. The van der Waals surface area contributed by atoms with Crippen molar-refractivity contribution in [1.82, 2.24) is 15.2 Å². The molecule has 0 radical (unpaired) electrons. The number of nitrogens with zero attached hydrogens (tertiary/aromatic N) is 4. The molecule has 7 nitrogen and oxygen atoms in total. The van der Waals surface area contributed by atoms with E-state index in [4.69, 9.17) is 0 Å². The van der Waals surface area contributed by atoms with Crippen LogP contribution in [-0.4, -0.2) is 41.8 Å². The molecule has 0 bridgehead atoms. The third-order valence-electron chi connectivity index (χ3n) is 7.04. The monoisotopic (exact) mass is 536 g/mol. The summed E-state index contributed by atoms with van der Waals surface area (Å²) in [7, 11) is 0. The molecular weight excluding hydrogens is 504 g/mol. The number of aromatic nitrogens is 1. The number of nitrogens with one attached hydrogen (secondary N) is 2. The maximum absolute atomic E-state index is 13.6. The lowest BCUT2D eigenvalue weighted by Crippen LogP contribution is -2.44. The summed E-state index contributed by atoms with van der Waals surface area (Å²) in [6.45, 7) is 19.7. The molecule has 0 spiro atoms. The molecule has 5 rings (SSSR count). The Morgan fingerprint density at radius 2 is 2.05 bits per heavy atom. The largest absolute Gasteiger partial charge is 0.380 e. The zero-order valence-electron chi connectivity index (χ0n) is 22.1. The van der Waals surface area contributed by atoms with E-state index in [9.17, 15) is 4.79 Å². The Bertz CT molecular complexity index is 1530. The number of pyridine rings is 1. The normalized spacial score (nSPS) is 17.6. The maximum Gasteiger partial charge on any atom is 0.331 e. The first kappa shape index (κ1) is 26.2. The molecule has 1 atom stereocenters. The van der Waals surface area contributed by atoms with Crippen LogP contribution in [0.25, 0.3) is 21.5 Å². The summed E-state index contributed by atoms with van der Waals surface area (Å²) >= 11 is 1.52. The summed E-state index contributed by atoms with van der Waals surface area (Å²) in [5.41, 5.74) is 5.84. The van der Waals surface area contributed by atoms with E-state index >= 15 is 0 Å². The van der Waals surface area contributed by atoms with Crippen LogP contribution in [-0.2, 0) is 0 Å². The summed E-state index contributed by atoms with van der Waals surface area (Å²) < 4.78 is 0. The number of anilines is 2. The molecular formula is C31H32N6OS. The molecule has 2 aromatic heterocycles. The number of carbonyl (C=O) groups excluding carboxylic acids is 1. The molecule has 3 aromatic rings. The van der Waals surface area contributed by atoms with Gasteiger partial charge in [-0.1, -0.05) is 50.1 Å². The Balaban J connectivity index is 1.48. The van der Waals surface area contributed by atoms with E-state index in [1.165, 1.54) is 11.3 Å². The van der Waals surface area contributed by atoms with Gasteiger partial charge < -0.3 is 15.5 Å². The lowest BCUT2D eigenvalue weighted by Gasteiger charge is -2.36. The highest BCUT2D eigenvalue weighted by Crippen LogP contribution is 2.46. The molecule has 198 valence electrons. The number of hydrogen-bond donors (Lipinski definition) is 2. The number of thiophene rings is 1. The quantitative estimate of drug-likeness (QED) is 0.228. The maximum atomic E-state index is 13.6. The fourth-order valence-electron chi connectivity index (χ4n) is 5.11. The number of piperidine rings is 1. The van der Waals surface area contributed by atoms with Crippen molar-refractivity contribution in [3.05, 3.63) is 103 Å². The molecule has 1 fully saturated rings. The molecule has 0 aliphatic carbocycles. The van der Waals surface area contributed by atoms with Gasteiger partial charge in [0, 0.05) is 36.7 Å². The fourth-order valence-corrected chi connectivity index (χ4v) is 6.16. The summed E-state index contributed by atoms with van der Waals surface area (Å²) in [6, 6.07) is 11.8. The Kier molecular flexibility index (Phi) is 7.47. The van der Waals surface area contributed by atoms with Crippen LogP contribution in [0.5, 0.6) is 0 Å². The van der Waals surface area contributed by atoms with Crippen LogP contribution in [0.1, 0.15) is 30.2 Å². The van der Waals surface area contributed by atoms with Crippen LogP contribution < -0.4 is 15.5 Å².